The molecule has 1 aromatic heterocycles. The van der Waals surface area contributed by atoms with Crippen LogP contribution in [-0.2, 0) is 14.5 Å². The van der Waals surface area contributed by atoms with Gasteiger partial charge in [0.25, 0.3) is 5.91 Å². The lowest BCUT2D eigenvalue weighted by Crippen LogP contribution is -2.56. The summed E-state index contributed by atoms with van der Waals surface area (Å²) in [5.41, 5.74) is 0.326. The lowest BCUT2D eigenvalue weighted by molar-refractivity contribution is -0.104. The summed E-state index contributed by atoms with van der Waals surface area (Å²) in [6.45, 7) is 3.16. The van der Waals surface area contributed by atoms with Crippen LogP contribution in [0.1, 0.15) is 29.0 Å². The number of carbonyl (C=O) groups excluding carboxylic acids is 1. The van der Waals surface area contributed by atoms with Gasteiger partial charge in [-0.25, -0.2) is 13.2 Å². The maximum atomic E-state index is 12.5. The Labute approximate surface area is 129 Å². The van der Waals surface area contributed by atoms with Crippen LogP contribution in [0.4, 0.5) is 0 Å². The van der Waals surface area contributed by atoms with E-state index in [0.29, 0.717) is 49.7 Å². The molecule has 122 valence electrons. The van der Waals surface area contributed by atoms with E-state index in [-0.39, 0.29) is 11.6 Å². The number of hydrogen-bond donors (Lipinski definition) is 0. The molecule has 0 unspecified atom stereocenters. The van der Waals surface area contributed by atoms with Gasteiger partial charge in [0, 0.05) is 34.8 Å². The van der Waals surface area contributed by atoms with E-state index in [0.717, 1.165) is 0 Å². The second-order valence-corrected chi connectivity index (χ2v) is 8.55. The molecule has 22 heavy (non-hydrogen) atoms. The van der Waals surface area contributed by atoms with Crippen molar-refractivity contribution in [2.45, 2.75) is 25.4 Å². The summed E-state index contributed by atoms with van der Waals surface area (Å²) in [6.07, 6.45) is 1.31. The number of hydrogen-bond acceptors (Lipinski definition) is 7. The minimum Gasteiger partial charge on any atom is -0.371 e. The largest absolute Gasteiger partial charge is 0.371 e. The van der Waals surface area contributed by atoms with Crippen LogP contribution in [0.3, 0.4) is 0 Å². The summed E-state index contributed by atoms with van der Waals surface area (Å²) in [6, 6.07) is 0. The normalized spacial score (nSPS) is 32.2. The fraction of sp³-hybridized carbons (Fsp3) is 0.769. The van der Waals surface area contributed by atoms with E-state index in [1.165, 1.54) is 0 Å². The molecule has 0 aromatic carbocycles. The van der Waals surface area contributed by atoms with E-state index in [9.17, 15) is 9.00 Å². The number of aryl methyl sites for hydroxylation is 1. The first-order valence-corrected chi connectivity index (χ1v) is 9.15. The third kappa shape index (κ3) is 2.74. The van der Waals surface area contributed by atoms with Gasteiger partial charge in [-0.2, -0.15) is 0 Å². The van der Waals surface area contributed by atoms with E-state index in [1.807, 2.05) is 0 Å². The molecular formula is C13H20N4O4S. The highest BCUT2D eigenvalue weighted by atomic mass is 32.2. The van der Waals surface area contributed by atoms with Gasteiger partial charge in [0.2, 0.25) is 0 Å². The highest BCUT2D eigenvalue weighted by Gasteiger charge is 2.42. The molecule has 2 fully saturated rings. The number of ether oxygens (including phenoxy) is 1. The molecule has 0 saturated carbocycles. The zero-order valence-electron chi connectivity index (χ0n) is 12.8. The molecule has 2 saturated heterocycles. The number of nitrogens with zero attached hydrogens (tertiary/aromatic N) is 4. The van der Waals surface area contributed by atoms with Crippen LogP contribution in [0.25, 0.3) is 0 Å². The second kappa shape index (κ2) is 5.62. The van der Waals surface area contributed by atoms with Gasteiger partial charge in [-0.1, -0.05) is 5.16 Å². The van der Waals surface area contributed by atoms with E-state index in [2.05, 4.69) is 19.3 Å². The van der Waals surface area contributed by atoms with Crippen molar-refractivity contribution < 1.29 is 18.4 Å². The second-order valence-electron chi connectivity index (χ2n) is 5.82. The monoisotopic (exact) mass is 328 g/mol. The van der Waals surface area contributed by atoms with Gasteiger partial charge in [0.15, 0.2) is 5.69 Å². The summed E-state index contributed by atoms with van der Waals surface area (Å²) in [7, 11) is -0.478. The van der Waals surface area contributed by atoms with Crippen LogP contribution in [-0.4, -0.2) is 69.2 Å². The van der Waals surface area contributed by atoms with Crippen molar-refractivity contribution in [2.24, 2.45) is 4.36 Å². The molecule has 0 aliphatic carbocycles. The molecule has 3 rings (SSSR count). The van der Waals surface area contributed by atoms with E-state index in [1.54, 1.807) is 18.9 Å². The average Bonchev–Trinajstić information content (AvgIpc) is 2.96. The van der Waals surface area contributed by atoms with Gasteiger partial charge in [-0.3, -0.25) is 4.79 Å². The van der Waals surface area contributed by atoms with Crippen LogP contribution < -0.4 is 0 Å². The van der Waals surface area contributed by atoms with Crippen LogP contribution in [0.2, 0.25) is 0 Å². The Morgan fingerprint density at radius 2 is 2.09 bits per heavy atom. The minimum absolute atomic E-state index is 0.187. The number of amides is 1. The zero-order chi connectivity index (χ0) is 15.8. The molecule has 1 aromatic rings. The molecule has 1 amide bonds. The van der Waals surface area contributed by atoms with Crippen LogP contribution in [0.5, 0.6) is 0 Å². The first-order valence-electron chi connectivity index (χ1n) is 7.30. The van der Waals surface area contributed by atoms with Crippen molar-refractivity contribution in [1.82, 2.24) is 15.2 Å². The highest BCUT2D eigenvalue weighted by molar-refractivity contribution is 7.93. The van der Waals surface area contributed by atoms with Crippen LogP contribution >= 0.6 is 0 Å². The summed E-state index contributed by atoms with van der Waals surface area (Å²) in [4.78, 5) is 14.3. The molecule has 0 atom stereocenters. The first kappa shape index (κ1) is 15.4. The van der Waals surface area contributed by atoms with Crippen molar-refractivity contribution >= 4 is 15.6 Å². The van der Waals surface area contributed by atoms with Gasteiger partial charge in [-0.15, -0.1) is 0 Å². The maximum absolute atomic E-state index is 12.5. The van der Waals surface area contributed by atoms with Gasteiger partial charge in [0.05, 0.1) is 18.8 Å². The van der Waals surface area contributed by atoms with Crippen molar-refractivity contribution in [3.63, 3.8) is 0 Å². The smallest absolute Gasteiger partial charge is 0.278 e. The Morgan fingerprint density at radius 3 is 2.68 bits per heavy atom. The molecule has 0 N–H and O–H groups in total. The standard InChI is InChI=1S/C13H20N4O4S/c1-10-11(16-21-15-10)12(18)17-5-6-20-13(9-17)3-7-22(19,14-2)8-4-13/h3-9H2,1-2H3. The number of carbonyl (C=O) groups is 1. The van der Waals surface area contributed by atoms with Crippen molar-refractivity contribution in [3.05, 3.63) is 11.4 Å². The molecule has 9 heteroatoms. The lowest BCUT2D eigenvalue weighted by Gasteiger charge is -2.45. The molecule has 0 radical (unpaired) electrons. The SMILES string of the molecule is CN=S1(=O)CCC2(CC1)CN(C(=O)c1nonc1C)CCO2. The van der Waals surface area contributed by atoms with Crippen LogP contribution in [0.15, 0.2) is 8.99 Å². The zero-order valence-corrected chi connectivity index (χ0v) is 13.6. The quantitative estimate of drug-likeness (QED) is 0.744. The van der Waals surface area contributed by atoms with Gasteiger partial charge in [0.1, 0.15) is 5.69 Å². The van der Waals surface area contributed by atoms with Crippen molar-refractivity contribution in [2.75, 3.05) is 38.2 Å². The summed E-state index contributed by atoms with van der Waals surface area (Å²) < 4.78 is 26.9. The summed E-state index contributed by atoms with van der Waals surface area (Å²) >= 11 is 0. The molecule has 2 aliphatic rings. The Hall–Kier alpha value is -1.48. The van der Waals surface area contributed by atoms with Crippen LogP contribution in [0, 0.1) is 6.92 Å². The number of aromatic nitrogens is 2. The predicted molar refractivity (Wildman–Crippen MR) is 79.1 cm³/mol. The van der Waals surface area contributed by atoms with E-state index in [4.69, 9.17) is 4.74 Å². The fourth-order valence-corrected chi connectivity index (χ4v) is 4.95. The third-order valence-corrected chi connectivity index (χ3v) is 6.83. The topological polar surface area (TPSA) is 97.9 Å². The van der Waals surface area contributed by atoms with E-state index < -0.39 is 15.3 Å². The van der Waals surface area contributed by atoms with Crippen molar-refractivity contribution in [3.8, 4) is 0 Å². The lowest BCUT2D eigenvalue weighted by atomic mass is 9.94. The molecule has 2 aliphatic heterocycles. The Balaban J connectivity index is 1.74. The Morgan fingerprint density at radius 1 is 1.36 bits per heavy atom. The maximum Gasteiger partial charge on any atom is 0.278 e. The highest BCUT2D eigenvalue weighted by Crippen LogP contribution is 2.32. The number of rotatable bonds is 1. The average molecular weight is 328 g/mol. The molecule has 1 spiro atoms. The van der Waals surface area contributed by atoms with Gasteiger partial charge in [-0.05, 0) is 24.9 Å². The van der Waals surface area contributed by atoms with Crippen molar-refractivity contribution in [1.29, 1.82) is 0 Å². The molecule has 0 bridgehead atoms. The fourth-order valence-electron chi connectivity index (χ4n) is 3.00. The third-order valence-electron chi connectivity index (χ3n) is 4.48. The molecule has 3 heterocycles. The predicted octanol–water partition coefficient (Wildman–Crippen LogP) is 0.481. The van der Waals surface area contributed by atoms with Gasteiger partial charge < -0.3 is 9.64 Å². The van der Waals surface area contributed by atoms with E-state index >= 15 is 0 Å². The Bertz CT molecular complexity index is 678. The Kier molecular flexibility index (Phi) is 3.94. The summed E-state index contributed by atoms with van der Waals surface area (Å²) in [5, 5.41) is 7.33. The van der Waals surface area contributed by atoms with Gasteiger partial charge >= 0.3 is 0 Å². The first-order chi connectivity index (χ1) is 10.5. The molecular weight excluding hydrogens is 308 g/mol. The minimum atomic E-state index is -2.09. The summed E-state index contributed by atoms with van der Waals surface area (Å²) in [5.74, 6) is 0.861. The number of morpholine rings is 1. The molecule has 8 nitrogen and oxygen atoms in total.